The molecule has 0 aromatic carbocycles. The fraction of sp³-hybridized carbons (Fsp3) is 1.00. The first kappa shape index (κ1) is 13.0. The second-order valence-corrected chi connectivity index (χ2v) is 5.43. The lowest BCUT2D eigenvalue weighted by Crippen LogP contribution is -2.45. The summed E-state index contributed by atoms with van der Waals surface area (Å²) in [6, 6.07) is 1.41. The Morgan fingerprint density at radius 3 is 2.27 bits per heavy atom. The molecule has 0 bridgehead atoms. The van der Waals surface area contributed by atoms with Crippen LogP contribution in [0.3, 0.4) is 0 Å². The molecule has 0 saturated heterocycles. The number of nitrogens with one attached hydrogen (secondary N) is 1. The Labute approximate surface area is 95.4 Å². The smallest absolute Gasteiger partial charge is 0.0223 e. The summed E-state index contributed by atoms with van der Waals surface area (Å²) in [5.74, 6) is 1.70. The monoisotopic (exact) mass is 212 g/mol. The Morgan fingerprint density at radius 1 is 1.27 bits per heavy atom. The third-order valence-electron chi connectivity index (χ3n) is 3.80. The first-order valence-corrected chi connectivity index (χ1v) is 6.49. The Balaban J connectivity index is 2.35. The van der Waals surface area contributed by atoms with Crippen LogP contribution in [0.4, 0.5) is 0 Å². The first-order chi connectivity index (χ1) is 7.06. The summed E-state index contributed by atoms with van der Waals surface area (Å²) in [6.45, 7) is 11.5. The van der Waals surface area contributed by atoms with E-state index in [-0.39, 0.29) is 0 Å². The van der Waals surface area contributed by atoms with Crippen LogP contribution in [0.5, 0.6) is 0 Å². The summed E-state index contributed by atoms with van der Waals surface area (Å²) in [5.41, 5.74) is 0. The average molecular weight is 212 g/mol. The molecule has 2 atom stereocenters. The lowest BCUT2D eigenvalue weighted by Gasteiger charge is -2.31. The maximum atomic E-state index is 3.63. The molecule has 1 aliphatic carbocycles. The maximum absolute atomic E-state index is 3.63. The van der Waals surface area contributed by atoms with Crippen LogP contribution in [0.25, 0.3) is 0 Å². The van der Waals surface area contributed by atoms with E-state index in [0.717, 1.165) is 24.4 Å². The molecular weight excluding hydrogens is 184 g/mol. The normalized spacial score (nSPS) is 21.0. The standard InChI is InChI=1S/C13H28N2/c1-6-14-13(12-7-8-12)9-15(5)11(4)10(2)3/h10-14H,6-9H2,1-5H3. The van der Waals surface area contributed by atoms with Gasteiger partial charge in [0.1, 0.15) is 0 Å². The van der Waals surface area contributed by atoms with Gasteiger partial charge in [0.05, 0.1) is 0 Å². The summed E-state index contributed by atoms with van der Waals surface area (Å²) < 4.78 is 0. The van der Waals surface area contributed by atoms with Crippen molar-refractivity contribution in [3.05, 3.63) is 0 Å². The number of hydrogen-bond donors (Lipinski definition) is 1. The zero-order chi connectivity index (χ0) is 11.4. The highest BCUT2D eigenvalue weighted by Gasteiger charge is 2.31. The quantitative estimate of drug-likeness (QED) is 0.697. The number of rotatable bonds is 7. The van der Waals surface area contributed by atoms with Crippen LogP contribution >= 0.6 is 0 Å². The van der Waals surface area contributed by atoms with Crippen molar-refractivity contribution in [1.82, 2.24) is 10.2 Å². The molecule has 1 aliphatic rings. The number of likely N-dealkylation sites (N-methyl/N-ethyl adjacent to an activating group) is 2. The Kier molecular flexibility index (Phi) is 5.07. The largest absolute Gasteiger partial charge is 0.313 e. The van der Waals surface area contributed by atoms with Gasteiger partial charge in [-0.1, -0.05) is 20.8 Å². The highest BCUT2D eigenvalue weighted by Crippen LogP contribution is 2.33. The molecule has 2 nitrogen and oxygen atoms in total. The molecule has 15 heavy (non-hydrogen) atoms. The van der Waals surface area contributed by atoms with E-state index >= 15 is 0 Å². The molecule has 0 amide bonds. The van der Waals surface area contributed by atoms with Crippen molar-refractivity contribution in [1.29, 1.82) is 0 Å². The Bertz CT molecular complexity index is 175. The molecule has 0 heterocycles. The van der Waals surface area contributed by atoms with E-state index < -0.39 is 0 Å². The molecule has 90 valence electrons. The molecule has 0 radical (unpaired) electrons. The van der Waals surface area contributed by atoms with Crippen molar-refractivity contribution in [2.24, 2.45) is 11.8 Å². The molecular formula is C13H28N2. The van der Waals surface area contributed by atoms with Gasteiger partial charge in [-0.25, -0.2) is 0 Å². The van der Waals surface area contributed by atoms with Crippen molar-refractivity contribution in [2.45, 2.75) is 52.6 Å². The second kappa shape index (κ2) is 5.86. The van der Waals surface area contributed by atoms with E-state index in [1.807, 2.05) is 0 Å². The molecule has 1 N–H and O–H groups in total. The number of nitrogens with zero attached hydrogens (tertiary/aromatic N) is 1. The van der Waals surface area contributed by atoms with Crippen LogP contribution in [0.1, 0.15) is 40.5 Å². The summed E-state index contributed by atoms with van der Waals surface area (Å²) in [7, 11) is 2.26. The van der Waals surface area contributed by atoms with E-state index in [1.54, 1.807) is 0 Å². The molecule has 0 aromatic heterocycles. The minimum absolute atomic E-state index is 0.685. The molecule has 0 aliphatic heterocycles. The minimum atomic E-state index is 0.685. The van der Waals surface area contributed by atoms with E-state index in [1.165, 1.54) is 19.4 Å². The molecule has 1 saturated carbocycles. The summed E-state index contributed by atoms with van der Waals surface area (Å²) in [6.07, 6.45) is 2.86. The summed E-state index contributed by atoms with van der Waals surface area (Å²) >= 11 is 0. The summed E-state index contributed by atoms with van der Waals surface area (Å²) in [5, 5.41) is 3.63. The van der Waals surface area contributed by atoms with Gasteiger partial charge in [-0.3, -0.25) is 0 Å². The SMILES string of the molecule is CCNC(CN(C)C(C)C(C)C)C1CC1. The van der Waals surface area contributed by atoms with Crippen LogP contribution in [-0.2, 0) is 0 Å². The van der Waals surface area contributed by atoms with Crippen molar-refractivity contribution >= 4 is 0 Å². The Morgan fingerprint density at radius 2 is 1.87 bits per heavy atom. The Hall–Kier alpha value is -0.0800. The molecule has 0 aromatic rings. The van der Waals surface area contributed by atoms with Gasteiger partial charge >= 0.3 is 0 Å². The molecule has 2 unspecified atom stereocenters. The van der Waals surface area contributed by atoms with Gasteiger partial charge in [0.25, 0.3) is 0 Å². The predicted molar refractivity (Wildman–Crippen MR) is 67.1 cm³/mol. The lowest BCUT2D eigenvalue weighted by atomic mass is 10.0. The van der Waals surface area contributed by atoms with E-state index in [0.29, 0.717) is 6.04 Å². The third kappa shape index (κ3) is 4.12. The van der Waals surface area contributed by atoms with Gasteiger partial charge in [-0.2, -0.15) is 0 Å². The molecule has 1 rings (SSSR count). The van der Waals surface area contributed by atoms with Gasteiger partial charge in [0.15, 0.2) is 0 Å². The predicted octanol–water partition coefficient (Wildman–Crippen LogP) is 2.35. The van der Waals surface area contributed by atoms with Crippen LogP contribution in [0, 0.1) is 11.8 Å². The zero-order valence-electron chi connectivity index (χ0n) is 11.1. The maximum Gasteiger partial charge on any atom is 0.0223 e. The van der Waals surface area contributed by atoms with Crippen LogP contribution in [0.15, 0.2) is 0 Å². The van der Waals surface area contributed by atoms with Crippen molar-refractivity contribution < 1.29 is 0 Å². The van der Waals surface area contributed by atoms with E-state index in [2.05, 4.69) is 45.0 Å². The van der Waals surface area contributed by atoms with Gasteiger partial charge in [-0.15, -0.1) is 0 Å². The fourth-order valence-electron chi connectivity index (χ4n) is 2.13. The van der Waals surface area contributed by atoms with Gasteiger partial charge < -0.3 is 10.2 Å². The summed E-state index contributed by atoms with van der Waals surface area (Å²) in [4.78, 5) is 2.51. The number of hydrogen-bond acceptors (Lipinski definition) is 2. The second-order valence-electron chi connectivity index (χ2n) is 5.43. The highest BCUT2D eigenvalue weighted by atomic mass is 15.2. The van der Waals surface area contributed by atoms with Gasteiger partial charge in [0.2, 0.25) is 0 Å². The van der Waals surface area contributed by atoms with Crippen molar-refractivity contribution in [3.63, 3.8) is 0 Å². The van der Waals surface area contributed by atoms with Crippen LogP contribution < -0.4 is 5.32 Å². The lowest BCUT2D eigenvalue weighted by molar-refractivity contribution is 0.182. The van der Waals surface area contributed by atoms with Crippen molar-refractivity contribution in [3.8, 4) is 0 Å². The molecule has 0 spiro atoms. The van der Waals surface area contributed by atoms with Gasteiger partial charge in [0, 0.05) is 18.6 Å². The molecule has 1 fully saturated rings. The van der Waals surface area contributed by atoms with Crippen molar-refractivity contribution in [2.75, 3.05) is 20.1 Å². The van der Waals surface area contributed by atoms with E-state index in [9.17, 15) is 0 Å². The minimum Gasteiger partial charge on any atom is -0.313 e. The first-order valence-electron chi connectivity index (χ1n) is 6.49. The van der Waals surface area contributed by atoms with E-state index in [4.69, 9.17) is 0 Å². The fourth-order valence-corrected chi connectivity index (χ4v) is 2.13. The third-order valence-corrected chi connectivity index (χ3v) is 3.80. The van der Waals surface area contributed by atoms with Gasteiger partial charge in [-0.05, 0) is 45.2 Å². The van der Waals surface area contributed by atoms with Crippen LogP contribution in [-0.4, -0.2) is 37.1 Å². The zero-order valence-corrected chi connectivity index (χ0v) is 11.1. The highest BCUT2D eigenvalue weighted by molar-refractivity contribution is 4.88. The average Bonchev–Trinajstić information content (AvgIpc) is 2.98. The topological polar surface area (TPSA) is 15.3 Å². The van der Waals surface area contributed by atoms with Crippen LogP contribution in [0.2, 0.25) is 0 Å². The molecule has 2 heteroatoms.